The average Bonchev–Trinajstić information content (AvgIpc) is 2.67. The molecule has 0 bridgehead atoms. The number of amidine groups is 1. The van der Waals surface area contributed by atoms with Crippen LogP contribution in [0, 0.1) is 16.7 Å². The van der Waals surface area contributed by atoms with Gasteiger partial charge in [-0.3, -0.25) is 10.8 Å². The Morgan fingerprint density at radius 3 is 2.57 bits per heavy atom. The van der Waals surface area contributed by atoms with Gasteiger partial charge in [-0.2, -0.15) is 10.4 Å². The molecule has 0 aliphatic heterocycles. The van der Waals surface area contributed by atoms with E-state index in [-0.39, 0.29) is 11.3 Å². The summed E-state index contributed by atoms with van der Waals surface area (Å²) in [5.41, 5.74) is 10.0. The number of carbonyl (C=O) groups is 1. The van der Waals surface area contributed by atoms with Crippen molar-refractivity contribution in [2.24, 2.45) is 10.8 Å². The molecule has 3 aromatic rings. The molecule has 0 aliphatic carbocycles. The van der Waals surface area contributed by atoms with Crippen LogP contribution in [0.1, 0.15) is 10.4 Å². The molecule has 0 aliphatic rings. The predicted molar refractivity (Wildman–Crippen MR) is 108 cm³/mol. The van der Waals surface area contributed by atoms with E-state index < -0.39 is 11.8 Å². The molecule has 5 N–H and O–H groups in total. The molecular formula is C19H13ClN6O2. The number of hydrogen-bond acceptors (Lipinski definition) is 6. The van der Waals surface area contributed by atoms with Gasteiger partial charge in [-0.05, 0) is 36.4 Å². The van der Waals surface area contributed by atoms with E-state index in [0.717, 1.165) is 0 Å². The van der Waals surface area contributed by atoms with E-state index in [1.807, 2.05) is 0 Å². The van der Waals surface area contributed by atoms with Crippen LogP contribution < -0.4 is 11.2 Å². The number of hydrogen-bond donors (Lipinski definition) is 4. The monoisotopic (exact) mass is 392 g/mol. The van der Waals surface area contributed by atoms with E-state index >= 15 is 0 Å². The predicted octanol–water partition coefficient (Wildman–Crippen LogP) is 3.48. The third kappa shape index (κ3) is 3.90. The van der Waals surface area contributed by atoms with E-state index in [1.165, 1.54) is 6.07 Å². The standard InChI is InChI=1S/C19H13ClN6O2/c20-11-3-6-15-13(7-11)14(19(27)28)8-16(24-15)10-1-4-12(5-2-10)25-26-17(9-21)18(22)23/h1-8,25H,(H3,22,23)(H,27,28)/b26-17+. The summed E-state index contributed by atoms with van der Waals surface area (Å²) in [4.78, 5) is 16.2. The minimum atomic E-state index is -1.07. The molecule has 28 heavy (non-hydrogen) atoms. The first-order valence-electron chi connectivity index (χ1n) is 7.91. The number of nitrogens with one attached hydrogen (secondary N) is 2. The van der Waals surface area contributed by atoms with Gasteiger partial charge in [0.1, 0.15) is 6.07 Å². The molecule has 0 unspecified atom stereocenters. The van der Waals surface area contributed by atoms with Crippen LogP contribution in [0.5, 0.6) is 0 Å². The molecule has 0 atom stereocenters. The van der Waals surface area contributed by atoms with Crippen LogP contribution in [0.15, 0.2) is 53.6 Å². The molecule has 2 aromatic carbocycles. The fourth-order valence-electron chi connectivity index (χ4n) is 2.50. The van der Waals surface area contributed by atoms with E-state index in [1.54, 1.807) is 48.5 Å². The Labute approximate surface area is 164 Å². The quantitative estimate of drug-likeness (QED) is 0.296. The highest BCUT2D eigenvalue weighted by Crippen LogP contribution is 2.27. The van der Waals surface area contributed by atoms with Crippen molar-refractivity contribution in [3.8, 4) is 17.3 Å². The molecule has 0 saturated heterocycles. The Hall–Kier alpha value is -3.96. The van der Waals surface area contributed by atoms with Crippen LogP contribution in [0.2, 0.25) is 5.02 Å². The zero-order valence-corrected chi connectivity index (χ0v) is 15.0. The van der Waals surface area contributed by atoms with Gasteiger partial charge < -0.3 is 10.8 Å². The number of anilines is 1. The molecule has 1 aromatic heterocycles. The summed E-state index contributed by atoms with van der Waals surface area (Å²) in [6.45, 7) is 0. The number of rotatable bonds is 5. The number of aromatic carboxylic acids is 1. The number of nitrogens with two attached hydrogens (primary N) is 1. The first kappa shape index (κ1) is 18.8. The normalized spacial score (nSPS) is 11.1. The van der Waals surface area contributed by atoms with Crippen molar-refractivity contribution >= 4 is 45.7 Å². The number of pyridine rings is 1. The number of benzene rings is 2. The number of hydrazone groups is 1. The number of halogens is 1. The first-order chi connectivity index (χ1) is 13.4. The van der Waals surface area contributed by atoms with Crippen molar-refractivity contribution in [3.63, 3.8) is 0 Å². The zero-order chi connectivity index (χ0) is 20.3. The summed E-state index contributed by atoms with van der Waals surface area (Å²) in [6.07, 6.45) is 0. The summed E-state index contributed by atoms with van der Waals surface area (Å²) in [6, 6.07) is 14.9. The van der Waals surface area contributed by atoms with Crippen molar-refractivity contribution in [3.05, 3.63) is 59.1 Å². The van der Waals surface area contributed by atoms with Gasteiger partial charge >= 0.3 is 5.97 Å². The minimum Gasteiger partial charge on any atom is -0.478 e. The summed E-state index contributed by atoms with van der Waals surface area (Å²) >= 11 is 5.97. The van der Waals surface area contributed by atoms with Crippen molar-refractivity contribution < 1.29 is 9.90 Å². The van der Waals surface area contributed by atoms with Crippen LogP contribution >= 0.6 is 11.6 Å². The van der Waals surface area contributed by atoms with Crippen molar-refractivity contribution in [1.82, 2.24) is 4.98 Å². The SMILES string of the molecule is N#C/C(=N\Nc1ccc(-c2cc(C(=O)O)c3cc(Cl)ccc3n2)cc1)C(=N)N. The zero-order valence-electron chi connectivity index (χ0n) is 14.3. The minimum absolute atomic E-state index is 0.106. The summed E-state index contributed by atoms with van der Waals surface area (Å²) in [5, 5.41) is 30.2. The van der Waals surface area contributed by atoms with Gasteiger partial charge in [0.25, 0.3) is 0 Å². The van der Waals surface area contributed by atoms with E-state index in [9.17, 15) is 9.90 Å². The Kier molecular flexibility index (Phi) is 5.20. The van der Waals surface area contributed by atoms with Crippen molar-refractivity contribution in [2.45, 2.75) is 0 Å². The van der Waals surface area contributed by atoms with E-state index in [4.69, 9.17) is 28.0 Å². The maximum Gasteiger partial charge on any atom is 0.336 e. The number of nitriles is 1. The number of fused-ring (bicyclic) bond motifs is 1. The first-order valence-corrected chi connectivity index (χ1v) is 8.29. The molecule has 0 amide bonds. The van der Waals surface area contributed by atoms with E-state index in [0.29, 0.717) is 32.9 Å². The Balaban J connectivity index is 1.97. The molecule has 0 radical (unpaired) electrons. The highest BCUT2D eigenvalue weighted by Gasteiger charge is 2.13. The summed E-state index contributed by atoms with van der Waals surface area (Å²) in [5.74, 6) is -1.51. The topological polar surface area (TPSA) is 148 Å². The average molecular weight is 393 g/mol. The van der Waals surface area contributed by atoms with Crippen LogP contribution in [-0.4, -0.2) is 27.6 Å². The van der Waals surface area contributed by atoms with Crippen LogP contribution in [-0.2, 0) is 0 Å². The third-order valence-electron chi connectivity index (χ3n) is 3.84. The molecule has 138 valence electrons. The van der Waals surface area contributed by atoms with Crippen LogP contribution in [0.4, 0.5) is 5.69 Å². The highest BCUT2D eigenvalue weighted by atomic mass is 35.5. The number of aromatic nitrogens is 1. The van der Waals surface area contributed by atoms with Crippen LogP contribution in [0.25, 0.3) is 22.2 Å². The van der Waals surface area contributed by atoms with Gasteiger partial charge in [0.15, 0.2) is 5.84 Å². The van der Waals surface area contributed by atoms with Gasteiger partial charge in [0.05, 0.1) is 22.5 Å². The molecule has 0 spiro atoms. The smallest absolute Gasteiger partial charge is 0.336 e. The third-order valence-corrected chi connectivity index (χ3v) is 4.07. The second kappa shape index (κ2) is 7.73. The largest absolute Gasteiger partial charge is 0.478 e. The lowest BCUT2D eigenvalue weighted by Crippen LogP contribution is -2.21. The Morgan fingerprint density at radius 1 is 1.25 bits per heavy atom. The Morgan fingerprint density at radius 2 is 1.96 bits per heavy atom. The summed E-state index contributed by atoms with van der Waals surface area (Å²) in [7, 11) is 0. The lowest BCUT2D eigenvalue weighted by molar-refractivity contribution is 0.0699. The Bertz CT molecular complexity index is 1170. The molecule has 1 heterocycles. The molecule has 0 saturated carbocycles. The second-order valence-electron chi connectivity index (χ2n) is 5.70. The molecule has 0 fully saturated rings. The fraction of sp³-hybridized carbons (Fsp3) is 0. The second-order valence-corrected chi connectivity index (χ2v) is 6.13. The van der Waals surface area contributed by atoms with Gasteiger partial charge in [-0.15, -0.1) is 0 Å². The van der Waals surface area contributed by atoms with Gasteiger partial charge in [0.2, 0.25) is 5.71 Å². The fourth-order valence-corrected chi connectivity index (χ4v) is 2.68. The maximum atomic E-state index is 11.6. The van der Waals surface area contributed by atoms with E-state index in [2.05, 4.69) is 15.5 Å². The van der Waals surface area contributed by atoms with Crippen molar-refractivity contribution in [2.75, 3.05) is 5.43 Å². The lowest BCUT2D eigenvalue weighted by Gasteiger charge is -2.08. The molecular weight excluding hydrogens is 380 g/mol. The molecule has 3 rings (SSSR count). The van der Waals surface area contributed by atoms with Crippen molar-refractivity contribution in [1.29, 1.82) is 10.7 Å². The van der Waals surface area contributed by atoms with Gasteiger partial charge in [0, 0.05) is 16.0 Å². The molecule has 8 nitrogen and oxygen atoms in total. The number of nitrogens with zero attached hydrogens (tertiary/aromatic N) is 3. The lowest BCUT2D eigenvalue weighted by atomic mass is 10.0. The molecule has 9 heteroatoms. The summed E-state index contributed by atoms with van der Waals surface area (Å²) < 4.78 is 0. The number of carboxylic acid groups (broad SMARTS) is 1. The highest BCUT2D eigenvalue weighted by molar-refractivity contribution is 6.45. The maximum absolute atomic E-state index is 11.6. The van der Waals surface area contributed by atoms with Gasteiger partial charge in [-0.25, -0.2) is 9.78 Å². The van der Waals surface area contributed by atoms with Crippen LogP contribution in [0.3, 0.4) is 0 Å². The number of carboxylic acids is 1. The van der Waals surface area contributed by atoms with Gasteiger partial charge in [-0.1, -0.05) is 23.7 Å².